The lowest BCUT2D eigenvalue weighted by molar-refractivity contribution is -0.386. The van der Waals surface area contributed by atoms with Gasteiger partial charge in [0, 0.05) is 12.7 Å². The summed E-state index contributed by atoms with van der Waals surface area (Å²) in [5.74, 6) is 0.393. The highest BCUT2D eigenvalue weighted by Gasteiger charge is 2.29. The third kappa shape index (κ3) is 2.95. The molecule has 2 aromatic carbocycles. The van der Waals surface area contributed by atoms with E-state index in [1.165, 1.54) is 5.56 Å². The molecule has 0 amide bonds. The topological polar surface area (TPSA) is 52.4 Å². The number of benzene rings is 2. The smallest absolute Gasteiger partial charge is 0.275 e. The van der Waals surface area contributed by atoms with Gasteiger partial charge in [0.05, 0.1) is 16.6 Å². The van der Waals surface area contributed by atoms with Gasteiger partial charge in [-0.05, 0) is 30.4 Å². The molecule has 3 rings (SSSR count). The van der Waals surface area contributed by atoms with Crippen LogP contribution in [0.1, 0.15) is 36.0 Å². The van der Waals surface area contributed by atoms with Crippen LogP contribution in [0.15, 0.2) is 54.6 Å². The van der Waals surface area contributed by atoms with E-state index < -0.39 is 0 Å². The number of hydrogen-bond donors (Lipinski definition) is 0. The van der Waals surface area contributed by atoms with Crippen molar-refractivity contribution in [3.8, 4) is 0 Å². The first kappa shape index (κ1) is 13.8. The minimum atomic E-state index is -0.329. The Morgan fingerprint density at radius 2 is 1.76 bits per heavy atom. The Bertz CT molecular complexity index is 627. The first-order valence-electron chi connectivity index (χ1n) is 7.15. The van der Waals surface area contributed by atoms with Gasteiger partial charge in [-0.2, -0.15) is 0 Å². The van der Waals surface area contributed by atoms with Gasteiger partial charge in [-0.25, -0.2) is 0 Å². The maximum absolute atomic E-state index is 11.2. The second-order valence-corrected chi connectivity index (χ2v) is 5.31. The Morgan fingerprint density at radius 3 is 2.52 bits per heavy atom. The van der Waals surface area contributed by atoms with E-state index >= 15 is 0 Å². The van der Waals surface area contributed by atoms with E-state index in [0.717, 1.165) is 12.8 Å². The summed E-state index contributed by atoms with van der Waals surface area (Å²) >= 11 is 0. The highest BCUT2D eigenvalue weighted by Crippen LogP contribution is 2.40. The van der Waals surface area contributed by atoms with Crippen molar-refractivity contribution in [2.24, 2.45) is 0 Å². The first-order chi connectivity index (χ1) is 10.3. The molecule has 0 spiro atoms. The summed E-state index contributed by atoms with van der Waals surface area (Å²) in [4.78, 5) is 10.8. The Labute approximate surface area is 123 Å². The zero-order valence-corrected chi connectivity index (χ0v) is 11.6. The molecule has 1 heterocycles. The quantitative estimate of drug-likeness (QED) is 0.625. The molecule has 1 aliphatic rings. The lowest BCUT2D eigenvalue weighted by Crippen LogP contribution is -2.19. The summed E-state index contributed by atoms with van der Waals surface area (Å²) in [5, 5.41) is 11.2. The zero-order valence-electron chi connectivity index (χ0n) is 11.6. The molecule has 4 heteroatoms. The molecule has 2 atom stereocenters. The van der Waals surface area contributed by atoms with Crippen molar-refractivity contribution in [2.75, 3.05) is 6.61 Å². The summed E-state index contributed by atoms with van der Waals surface area (Å²) < 4.78 is 5.80. The van der Waals surface area contributed by atoms with Crippen molar-refractivity contribution in [1.29, 1.82) is 0 Å². The van der Waals surface area contributed by atoms with E-state index in [0.29, 0.717) is 18.1 Å². The zero-order chi connectivity index (χ0) is 14.7. The maximum Gasteiger partial charge on any atom is 0.275 e. The fourth-order valence-electron chi connectivity index (χ4n) is 2.97. The lowest BCUT2D eigenvalue weighted by atomic mass is 9.86. The number of para-hydroxylation sites is 1. The maximum atomic E-state index is 11.2. The van der Waals surface area contributed by atoms with E-state index in [1.807, 2.05) is 24.3 Å². The third-order valence-electron chi connectivity index (χ3n) is 4.04. The predicted molar refractivity (Wildman–Crippen MR) is 80.2 cm³/mol. The molecule has 4 nitrogen and oxygen atoms in total. The molecule has 0 saturated carbocycles. The average molecular weight is 283 g/mol. The van der Waals surface area contributed by atoms with Gasteiger partial charge in [0.1, 0.15) is 0 Å². The summed E-state index contributed by atoms with van der Waals surface area (Å²) in [5.41, 5.74) is 2.11. The molecule has 1 saturated heterocycles. The Hall–Kier alpha value is -2.20. The van der Waals surface area contributed by atoms with Gasteiger partial charge >= 0.3 is 0 Å². The minimum Gasteiger partial charge on any atom is -0.373 e. The Kier molecular flexibility index (Phi) is 3.97. The second kappa shape index (κ2) is 6.06. The summed E-state index contributed by atoms with van der Waals surface area (Å²) in [6.45, 7) is 0.635. The fraction of sp³-hybridized carbons (Fsp3) is 0.294. The van der Waals surface area contributed by atoms with Crippen LogP contribution in [0.5, 0.6) is 0 Å². The highest BCUT2D eigenvalue weighted by molar-refractivity contribution is 5.42. The third-order valence-corrected chi connectivity index (χ3v) is 4.04. The molecule has 21 heavy (non-hydrogen) atoms. The number of nitro groups is 1. The Morgan fingerprint density at radius 1 is 1.05 bits per heavy atom. The first-order valence-corrected chi connectivity index (χ1v) is 7.15. The number of nitro benzene ring substituents is 1. The van der Waals surface area contributed by atoms with Crippen molar-refractivity contribution in [3.05, 3.63) is 75.8 Å². The molecular weight excluding hydrogens is 266 g/mol. The van der Waals surface area contributed by atoms with Crippen molar-refractivity contribution < 1.29 is 9.66 Å². The van der Waals surface area contributed by atoms with Crippen molar-refractivity contribution >= 4 is 5.69 Å². The number of hydrogen-bond acceptors (Lipinski definition) is 3. The number of ether oxygens (including phenoxy) is 1. The van der Waals surface area contributed by atoms with Gasteiger partial charge in [-0.15, -0.1) is 0 Å². The van der Waals surface area contributed by atoms with Crippen LogP contribution >= 0.6 is 0 Å². The second-order valence-electron chi connectivity index (χ2n) is 5.31. The van der Waals surface area contributed by atoms with Crippen LogP contribution in [-0.4, -0.2) is 11.5 Å². The van der Waals surface area contributed by atoms with Gasteiger partial charge in [-0.3, -0.25) is 10.1 Å². The van der Waals surface area contributed by atoms with Gasteiger partial charge in [0.2, 0.25) is 0 Å². The minimum absolute atomic E-state index is 0.149. The van der Waals surface area contributed by atoms with E-state index in [2.05, 4.69) is 12.1 Å². The molecule has 0 radical (unpaired) electrons. The van der Waals surface area contributed by atoms with Crippen LogP contribution in [0, 0.1) is 10.1 Å². The molecule has 108 valence electrons. The molecular formula is C17H17NO3. The van der Waals surface area contributed by atoms with Crippen molar-refractivity contribution in [2.45, 2.75) is 24.9 Å². The van der Waals surface area contributed by atoms with E-state index in [9.17, 15) is 10.1 Å². The van der Waals surface area contributed by atoms with Crippen LogP contribution in [-0.2, 0) is 4.74 Å². The molecule has 1 aliphatic heterocycles. The van der Waals surface area contributed by atoms with E-state index in [1.54, 1.807) is 18.2 Å². The van der Waals surface area contributed by atoms with Crippen molar-refractivity contribution in [3.63, 3.8) is 0 Å². The van der Waals surface area contributed by atoms with Gasteiger partial charge in [0.25, 0.3) is 5.69 Å². The average Bonchev–Trinajstić information content (AvgIpc) is 2.56. The highest BCUT2D eigenvalue weighted by atomic mass is 16.6. The van der Waals surface area contributed by atoms with E-state index in [4.69, 9.17) is 4.74 Å². The van der Waals surface area contributed by atoms with Crippen molar-refractivity contribution in [1.82, 2.24) is 0 Å². The van der Waals surface area contributed by atoms with E-state index in [-0.39, 0.29) is 16.7 Å². The lowest BCUT2D eigenvalue weighted by Gasteiger charge is -2.30. The van der Waals surface area contributed by atoms with Crippen LogP contribution < -0.4 is 0 Å². The van der Waals surface area contributed by atoms with Crippen LogP contribution in [0.2, 0.25) is 0 Å². The largest absolute Gasteiger partial charge is 0.373 e. The molecule has 0 N–H and O–H groups in total. The number of nitrogens with zero attached hydrogens (tertiary/aromatic N) is 1. The Balaban J connectivity index is 1.85. The SMILES string of the molecule is O=[N+]([O-])c1ccccc1[C@@H]1C[C@H](c2ccccc2)CCO1. The van der Waals surface area contributed by atoms with Gasteiger partial charge in [0.15, 0.2) is 0 Å². The van der Waals surface area contributed by atoms with Gasteiger partial charge in [-0.1, -0.05) is 42.5 Å². The fourth-order valence-corrected chi connectivity index (χ4v) is 2.97. The molecule has 0 bridgehead atoms. The van der Waals surface area contributed by atoms with Crippen LogP contribution in [0.4, 0.5) is 5.69 Å². The predicted octanol–water partition coefficient (Wildman–Crippen LogP) is 4.23. The molecule has 1 fully saturated rings. The monoisotopic (exact) mass is 283 g/mol. The molecule has 2 aromatic rings. The van der Waals surface area contributed by atoms with Crippen LogP contribution in [0.3, 0.4) is 0 Å². The summed E-state index contributed by atoms with van der Waals surface area (Å²) in [7, 11) is 0. The van der Waals surface area contributed by atoms with Gasteiger partial charge < -0.3 is 4.74 Å². The normalized spacial score (nSPS) is 21.9. The number of rotatable bonds is 3. The molecule has 0 unspecified atom stereocenters. The molecule has 0 aromatic heterocycles. The summed E-state index contributed by atoms with van der Waals surface area (Å²) in [6.07, 6.45) is 1.54. The summed E-state index contributed by atoms with van der Waals surface area (Å²) in [6, 6.07) is 17.2. The molecule has 0 aliphatic carbocycles. The standard InChI is InChI=1S/C17H17NO3/c19-18(20)16-9-5-4-8-15(16)17-12-14(10-11-21-17)13-6-2-1-3-7-13/h1-9,14,17H,10-12H2/t14-,17+/m1/s1. The van der Waals surface area contributed by atoms with Crippen LogP contribution in [0.25, 0.3) is 0 Å².